The molecular weight excluding hydrogens is 216 g/mol. The van der Waals surface area contributed by atoms with Crippen LogP contribution in [0.25, 0.3) is 0 Å². The number of aryl methyl sites for hydroxylation is 1. The maximum absolute atomic E-state index is 12.4. The van der Waals surface area contributed by atoms with Crippen LogP contribution in [0.5, 0.6) is 0 Å². The summed E-state index contributed by atoms with van der Waals surface area (Å²) in [7, 11) is 1.86. The third-order valence-electron chi connectivity index (χ3n) is 3.46. The zero-order chi connectivity index (χ0) is 12.3. The molecule has 0 saturated heterocycles. The van der Waals surface area contributed by atoms with E-state index in [0.29, 0.717) is 13.0 Å². The van der Waals surface area contributed by atoms with Crippen molar-refractivity contribution in [2.45, 2.75) is 44.6 Å². The van der Waals surface area contributed by atoms with Crippen molar-refractivity contribution in [2.24, 2.45) is 7.05 Å². The molecule has 2 rings (SSSR count). The standard InChI is InChI=1S/C13H20N2O2/c1-3-17-13(6-4-5-7-13)12(16)8-11-9-14-15(2)10-11/h9-10H,3-8H2,1-2H3. The fraction of sp³-hybridized carbons (Fsp3) is 0.692. The van der Waals surface area contributed by atoms with E-state index in [2.05, 4.69) is 5.10 Å². The maximum Gasteiger partial charge on any atom is 0.169 e. The number of aromatic nitrogens is 2. The summed E-state index contributed by atoms with van der Waals surface area (Å²) in [6, 6.07) is 0. The number of ketones is 1. The maximum atomic E-state index is 12.4. The van der Waals surface area contributed by atoms with Crippen molar-refractivity contribution >= 4 is 5.78 Å². The number of ether oxygens (including phenoxy) is 1. The van der Waals surface area contributed by atoms with Gasteiger partial charge in [-0.05, 0) is 38.2 Å². The van der Waals surface area contributed by atoms with Gasteiger partial charge in [0.25, 0.3) is 0 Å². The Balaban J connectivity index is 2.06. The van der Waals surface area contributed by atoms with E-state index in [-0.39, 0.29) is 5.78 Å². The van der Waals surface area contributed by atoms with E-state index in [1.165, 1.54) is 0 Å². The number of carbonyl (C=O) groups is 1. The van der Waals surface area contributed by atoms with Crippen LogP contribution in [-0.2, 0) is 23.0 Å². The van der Waals surface area contributed by atoms with Crippen molar-refractivity contribution in [3.63, 3.8) is 0 Å². The van der Waals surface area contributed by atoms with Crippen LogP contribution in [-0.4, -0.2) is 27.8 Å². The summed E-state index contributed by atoms with van der Waals surface area (Å²) in [5.74, 6) is 0.213. The summed E-state index contributed by atoms with van der Waals surface area (Å²) in [4.78, 5) is 12.4. The Labute approximate surface area is 102 Å². The molecule has 0 aromatic carbocycles. The third-order valence-corrected chi connectivity index (χ3v) is 3.46. The molecule has 0 N–H and O–H groups in total. The summed E-state index contributed by atoms with van der Waals surface area (Å²) < 4.78 is 7.48. The van der Waals surface area contributed by atoms with Gasteiger partial charge in [0, 0.05) is 26.3 Å². The van der Waals surface area contributed by atoms with Crippen molar-refractivity contribution in [2.75, 3.05) is 6.61 Å². The predicted octanol–water partition coefficient (Wildman–Crippen LogP) is 1.88. The molecule has 1 heterocycles. The number of nitrogens with zero attached hydrogens (tertiary/aromatic N) is 2. The van der Waals surface area contributed by atoms with E-state index in [0.717, 1.165) is 31.2 Å². The Morgan fingerprint density at radius 3 is 2.76 bits per heavy atom. The summed E-state index contributed by atoms with van der Waals surface area (Å²) in [6.45, 7) is 2.57. The van der Waals surface area contributed by atoms with E-state index in [4.69, 9.17) is 4.74 Å². The molecule has 1 aliphatic carbocycles. The Morgan fingerprint density at radius 1 is 1.53 bits per heavy atom. The average molecular weight is 236 g/mol. The second-order valence-corrected chi connectivity index (χ2v) is 4.76. The number of rotatable bonds is 5. The fourth-order valence-corrected chi connectivity index (χ4v) is 2.64. The molecule has 0 bridgehead atoms. The molecule has 94 valence electrons. The van der Waals surface area contributed by atoms with Crippen LogP contribution in [0.2, 0.25) is 0 Å². The molecule has 4 heteroatoms. The van der Waals surface area contributed by atoms with Crippen molar-refractivity contribution in [3.05, 3.63) is 18.0 Å². The Bertz CT molecular complexity index is 392. The second kappa shape index (κ2) is 5.00. The molecule has 17 heavy (non-hydrogen) atoms. The second-order valence-electron chi connectivity index (χ2n) is 4.76. The smallest absolute Gasteiger partial charge is 0.169 e. The SMILES string of the molecule is CCOC1(C(=O)Cc2cnn(C)c2)CCCC1. The van der Waals surface area contributed by atoms with Gasteiger partial charge in [-0.25, -0.2) is 0 Å². The summed E-state index contributed by atoms with van der Waals surface area (Å²) >= 11 is 0. The third kappa shape index (κ3) is 2.57. The number of carbonyl (C=O) groups excluding carboxylic acids is 1. The molecule has 1 fully saturated rings. The molecule has 1 aromatic rings. The summed E-state index contributed by atoms with van der Waals surface area (Å²) in [6.07, 6.45) is 8.03. The van der Waals surface area contributed by atoms with Gasteiger partial charge in [-0.2, -0.15) is 5.10 Å². The monoisotopic (exact) mass is 236 g/mol. The van der Waals surface area contributed by atoms with E-state index in [1.54, 1.807) is 10.9 Å². The quantitative estimate of drug-likeness (QED) is 0.784. The lowest BCUT2D eigenvalue weighted by atomic mass is 9.92. The lowest BCUT2D eigenvalue weighted by Gasteiger charge is -2.27. The normalized spacial score (nSPS) is 18.5. The van der Waals surface area contributed by atoms with Gasteiger partial charge < -0.3 is 4.74 Å². The minimum Gasteiger partial charge on any atom is -0.367 e. The predicted molar refractivity (Wildman–Crippen MR) is 64.7 cm³/mol. The van der Waals surface area contributed by atoms with E-state index in [1.807, 2.05) is 20.2 Å². The average Bonchev–Trinajstić information content (AvgIpc) is 2.89. The van der Waals surface area contributed by atoms with E-state index in [9.17, 15) is 4.79 Å². The van der Waals surface area contributed by atoms with Crippen LogP contribution in [0.15, 0.2) is 12.4 Å². The fourth-order valence-electron chi connectivity index (χ4n) is 2.64. The van der Waals surface area contributed by atoms with Crippen LogP contribution >= 0.6 is 0 Å². The zero-order valence-electron chi connectivity index (χ0n) is 10.6. The highest BCUT2D eigenvalue weighted by atomic mass is 16.5. The first kappa shape index (κ1) is 12.3. The summed E-state index contributed by atoms with van der Waals surface area (Å²) in [5.41, 5.74) is 0.466. The molecule has 1 aliphatic rings. The van der Waals surface area contributed by atoms with Crippen molar-refractivity contribution in [1.82, 2.24) is 9.78 Å². The first-order chi connectivity index (χ1) is 8.16. The Kier molecular flexibility index (Phi) is 3.62. The molecule has 0 radical (unpaired) electrons. The number of hydrogen-bond donors (Lipinski definition) is 0. The molecular formula is C13H20N2O2. The first-order valence-electron chi connectivity index (χ1n) is 6.31. The largest absolute Gasteiger partial charge is 0.367 e. The van der Waals surface area contributed by atoms with Gasteiger partial charge in [-0.3, -0.25) is 9.48 Å². The van der Waals surface area contributed by atoms with E-state index < -0.39 is 5.60 Å². The van der Waals surface area contributed by atoms with Crippen LogP contribution in [0, 0.1) is 0 Å². The minimum absolute atomic E-state index is 0.213. The van der Waals surface area contributed by atoms with Gasteiger partial charge in [-0.1, -0.05) is 0 Å². The number of hydrogen-bond acceptors (Lipinski definition) is 3. The Hall–Kier alpha value is -1.16. The van der Waals surface area contributed by atoms with E-state index >= 15 is 0 Å². The molecule has 0 aliphatic heterocycles. The first-order valence-corrected chi connectivity index (χ1v) is 6.31. The highest BCUT2D eigenvalue weighted by Gasteiger charge is 2.41. The van der Waals surface area contributed by atoms with Crippen molar-refractivity contribution in [3.8, 4) is 0 Å². The molecule has 0 atom stereocenters. The molecule has 0 amide bonds. The molecule has 0 unspecified atom stereocenters. The molecule has 4 nitrogen and oxygen atoms in total. The van der Waals surface area contributed by atoms with Crippen LogP contribution in [0.1, 0.15) is 38.2 Å². The van der Waals surface area contributed by atoms with Gasteiger partial charge >= 0.3 is 0 Å². The lowest BCUT2D eigenvalue weighted by molar-refractivity contribution is -0.142. The molecule has 1 saturated carbocycles. The van der Waals surface area contributed by atoms with Crippen LogP contribution < -0.4 is 0 Å². The highest BCUT2D eigenvalue weighted by molar-refractivity contribution is 5.89. The van der Waals surface area contributed by atoms with Crippen molar-refractivity contribution < 1.29 is 9.53 Å². The molecule has 0 spiro atoms. The van der Waals surface area contributed by atoms with Gasteiger partial charge in [0.15, 0.2) is 5.78 Å². The number of Topliss-reactive ketones (excluding diaryl/α,β-unsaturated/α-hetero) is 1. The van der Waals surface area contributed by atoms with Gasteiger partial charge in [-0.15, -0.1) is 0 Å². The Morgan fingerprint density at radius 2 is 2.24 bits per heavy atom. The van der Waals surface area contributed by atoms with Crippen LogP contribution in [0.3, 0.4) is 0 Å². The van der Waals surface area contributed by atoms with Gasteiger partial charge in [0.05, 0.1) is 6.20 Å². The van der Waals surface area contributed by atoms with Gasteiger partial charge in [0.2, 0.25) is 0 Å². The van der Waals surface area contributed by atoms with Crippen LogP contribution in [0.4, 0.5) is 0 Å². The summed E-state index contributed by atoms with van der Waals surface area (Å²) in [5, 5.41) is 4.09. The van der Waals surface area contributed by atoms with Crippen molar-refractivity contribution in [1.29, 1.82) is 0 Å². The topological polar surface area (TPSA) is 44.1 Å². The lowest BCUT2D eigenvalue weighted by Crippen LogP contribution is -2.39. The van der Waals surface area contributed by atoms with Gasteiger partial charge in [0.1, 0.15) is 5.60 Å². The zero-order valence-corrected chi connectivity index (χ0v) is 10.6. The molecule has 1 aromatic heterocycles. The minimum atomic E-state index is -0.509. The highest BCUT2D eigenvalue weighted by Crippen LogP contribution is 2.34.